The van der Waals surface area contributed by atoms with Crippen LogP contribution in [-0.4, -0.2) is 26.4 Å². The average Bonchev–Trinajstić information content (AvgIpc) is 2.61. The molecule has 26 heavy (non-hydrogen) atoms. The Kier molecular flexibility index (Phi) is 5.18. The molecule has 0 spiro atoms. The van der Waals surface area contributed by atoms with Crippen LogP contribution in [0, 0.1) is 13.8 Å². The van der Waals surface area contributed by atoms with E-state index in [-0.39, 0.29) is 16.6 Å². The van der Waals surface area contributed by atoms with Gasteiger partial charge in [-0.05, 0) is 32.9 Å². The first-order valence-electron chi connectivity index (χ1n) is 7.99. The van der Waals surface area contributed by atoms with E-state index >= 15 is 0 Å². The summed E-state index contributed by atoms with van der Waals surface area (Å²) in [6.45, 7) is 5.87. The van der Waals surface area contributed by atoms with Gasteiger partial charge in [0.25, 0.3) is 5.56 Å². The third-order valence-electron chi connectivity index (χ3n) is 3.45. The fourth-order valence-electron chi connectivity index (χ4n) is 2.25. The van der Waals surface area contributed by atoms with Crippen molar-refractivity contribution in [1.29, 1.82) is 0 Å². The number of aryl methyl sites for hydroxylation is 2. The lowest BCUT2D eigenvalue weighted by Gasteiger charge is -2.10. The van der Waals surface area contributed by atoms with E-state index in [4.69, 9.17) is 21.1 Å². The molecule has 0 bridgehead atoms. The molecule has 1 aromatic carbocycles. The van der Waals surface area contributed by atoms with Crippen LogP contribution in [0.1, 0.15) is 18.3 Å². The highest BCUT2D eigenvalue weighted by Gasteiger charge is 2.14. The van der Waals surface area contributed by atoms with Gasteiger partial charge in [-0.25, -0.2) is 4.98 Å². The second-order valence-corrected chi connectivity index (χ2v) is 5.88. The van der Waals surface area contributed by atoms with E-state index in [1.54, 1.807) is 13.8 Å². The Morgan fingerprint density at radius 3 is 2.58 bits per heavy atom. The van der Waals surface area contributed by atoms with E-state index in [9.17, 15) is 4.79 Å². The van der Waals surface area contributed by atoms with Crippen LogP contribution in [0.3, 0.4) is 0 Å². The van der Waals surface area contributed by atoms with Crippen molar-refractivity contribution in [2.75, 3.05) is 6.61 Å². The van der Waals surface area contributed by atoms with E-state index in [0.717, 1.165) is 10.2 Å². The lowest BCUT2D eigenvalue weighted by Crippen LogP contribution is -2.23. The number of benzene rings is 1. The minimum Gasteiger partial charge on any atom is -0.490 e. The fraction of sp³-hybridized carbons (Fsp3) is 0.222. The highest BCUT2D eigenvalue weighted by Crippen LogP contribution is 2.22. The fourth-order valence-corrected chi connectivity index (χ4v) is 2.43. The Labute approximate surface area is 155 Å². The molecule has 2 heterocycles. The van der Waals surface area contributed by atoms with Gasteiger partial charge in [0.1, 0.15) is 11.6 Å². The van der Waals surface area contributed by atoms with Gasteiger partial charge in [0, 0.05) is 6.07 Å². The molecule has 0 saturated carbocycles. The maximum absolute atomic E-state index is 12.5. The van der Waals surface area contributed by atoms with Gasteiger partial charge in [0.15, 0.2) is 16.6 Å². The van der Waals surface area contributed by atoms with E-state index in [1.165, 1.54) is 12.3 Å². The summed E-state index contributed by atoms with van der Waals surface area (Å²) in [6.07, 6.45) is 1.38. The third-order valence-corrected chi connectivity index (χ3v) is 3.80. The predicted octanol–water partition coefficient (Wildman–Crippen LogP) is 3.48. The summed E-state index contributed by atoms with van der Waals surface area (Å²) in [4.78, 5) is 21.0. The molecular weight excluding hydrogens is 356 g/mol. The van der Waals surface area contributed by atoms with Crippen LogP contribution in [0.4, 0.5) is 0 Å². The zero-order valence-corrected chi connectivity index (χ0v) is 15.3. The van der Waals surface area contributed by atoms with E-state index in [0.29, 0.717) is 24.1 Å². The number of ether oxygens (including phenoxy) is 2. The van der Waals surface area contributed by atoms with Crippen molar-refractivity contribution < 1.29 is 9.47 Å². The minimum absolute atomic E-state index is 0.0564. The van der Waals surface area contributed by atoms with Crippen molar-refractivity contribution in [1.82, 2.24) is 19.7 Å². The second kappa shape index (κ2) is 7.53. The van der Waals surface area contributed by atoms with E-state index in [1.807, 2.05) is 31.2 Å². The summed E-state index contributed by atoms with van der Waals surface area (Å²) in [5.74, 6) is 1.86. The number of rotatable bonds is 5. The Morgan fingerprint density at radius 1 is 1.15 bits per heavy atom. The molecule has 0 saturated heterocycles. The molecule has 0 amide bonds. The predicted molar refractivity (Wildman–Crippen MR) is 97.6 cm³/mol. The van der Waals surface area contributed by atoms with Gasteiger partial charge in [0.05, 0.1) is 12.8 Å². The molecule has 0 aliphatic rings. The summed E-state index contributed by atoms with van der Waals surface area (Å²) in [5.41, 5.74) is 0.591. The van der Waals surface area contributed by atoms with Crippen molar-refractivity contribution in [3.05, 3.63) is 63.3 Å². The van der Waals surface area contributed by atoms with Crippen LogP contribution in [-0.2, 0) is 0 Å². The van der Waals surface area contributed by atoms with Crippen LogP contribution >= 0.6 is 11.6 Å². The molecule has 3 aromatic rings. The van der Waals surface area contributed by atoms with Crippen LogP contribution < -0.4 is 15.0 Å². The molecule has 134 valence electrons. The molecule has 8 heteroatoms. The molecule has 0 fully saturated rings. The summed E-state index contributed by atoms with van der Waals surface area (Å²) >= 11 is 6.08. The molecule has 2 aromatic heterocycles. The van der Waals surface area contributed by atoms with Crippen LogP contribution in [0.25, 0.3) is 5.82 Å². The van der Waals surface area contributed by atoms with Crippen molar-refractivity contribution in [3.8, 4) is 23.2 Å². The van der Waals surface area contributed by atoms with E-state index in [2.05, 4.69) is 15.1 Å². The van der Waals surface area contributed by atoms with Gasteiger partial charge in [-0.1, -0.05) is 29.3 Å². The Hall–Kier alpha value is -2.93. The number of hydrogen-bond donors (Lipinski definition) is 0. The third kappa shape index (κ3) is 3.83. The molecule has 0 unspecified atom stereocenters. The number of hydrogen-bond acceptors (Lipinski definition) is 6. The van der Waals surface area contributed by atoms with Gasteiger partial charge < -0.3 is 9.47 Å². The summed E-state index contributed by atoms with van der Waals surface area (Å²) in [7, 11) is 0. The van der Waals surface area contributed by atoms with Gasteiger partial charge in [-0.2, -0.15) is 14.8 Å². The standard InChI is InChI=1S/C18H17ClN4O3/c1-4-25-14-10-20-23(18(24)17(14)19)15-9-16(22-12(3)21-15)26-13-7-5-11(2)6-8-13/h5-10H,4H2,1-3H3. The monoisotopic (exact) mass is 372 g/mol. The Morgan fingerprint density at radius 2 is 1.88 bits per heavy atom. The largest absolute Gasteiger partial charge is 0.490 e. The number of aromatic nitrogens is 4. The zero-order valence-electron chi connectivity index (χ0n) is 14.6. The lowest BCUT2D eigenvalue weighted by molar-refractivity contribution is 0.337. The van der Waals surface area contributed by atoms with Gasteiger partial charge in [0.2, 0.25) is 5.88 Å². The quantitative estimate of drug-likeness (QED) is 0.682. The molecule has 7 nitrogen and oxygen atoms in total. The highest BCUT2D eigenvalue weighted by atomic mass is 35.5. The Balaban J connectivity index is 1.99. The molecular formula is C18H17ClN4O3. The maximum Gasteiger partial charge on any atom is 0.295 e. The average molecular weight is 373 g/mol. The molecule has 0 aliphatic carbocycles. The normalized spacial score (nSPS) is 10.6. The van der Waals surface area contributed by atoms with E-state index < -0.39 is 5.56 Å². The van der Waals surface area contributed by atoms with Crippen molar-refractivity contribution in [3.63, 3.8) is 0 Å². The van der Waals surface area contributed by atoms with Gasteiger partial charge in [-0.15, -0.1) is 0 Å². The molecule has 0 N–H and O–H groups in total. The molecule has 0 aliphatic heterocycles. The lowest BCUT2D eigenvalue weighted by atomic mass is 10.2. The zero-order chi connectivity index (χ0) is 18.7. The first-order chi connectivity index (χ1) is 12.5. The summed E-state index contributed by atoms with van der Waals surface area (Å²) < 4.78 is 12.1. The first kappa shape index (κ1) is 17.9. The van der Waals surface area contributed by atoms with Gasteiger partial charge >= 0.3 is 0 Å². The van der Waals surface area contributed by atoms with Crippen molar-refractivity contribution in [2.24, 2.45) is 0 Å². The van der Waals surface area contributed by atoms with Crippen molar-refractivity contribution >= 4 is 11.6 Å². The number of halogens is 1. The summed E-state index contributed by atoms with van der Waals surface area (Å²) in [5, 5.41) is 4.02. The number of nitrogens with zero attached hydrogens (tertiary/aromatic N) is 4. The van der Waals surface area contributed by atoms with Gasteiger partial charge in [-0.3, -0.25) is 4.79 Å². The smallest absolute Gasteiger partial charge is 0.295 e. The summed E-state index contributed by atoms with van der Waals surface area (Å²) in [6, 6.07) is 9.07. The highest BCUT2D eigenvalue weighted by molar-refractivity contribution is 6.31. The van der Waals surface area contributed by atoms with Crippen LogP contribution in [0.5, 0.6) is 17.4 Å². The molecule has 0 atom stereocenters. The second-order valence-electron chi connectivity index (χ2n) is 5.50. The topological polar surface area (TPSA) is 79.1 Å². The first-order valence-corrected chi connectivity index (χ1v) is 8.37. The minimum atomic E-state index is -0.531. The maximum atomic E-state index is 12.5. The Bertz CT molecular complexity index is 987. The molecule has 3 rings (SSSR count). The van der Waals surface area contributed by atoms with Crippen LogP contribution in [0.15, 0.2) is 41.3 Å². The van der Waals surface area contributed by atoms with Crippen LogP contribution in [0.2, 0.25) is 5.02 Å². The van der Waals surface area contributed by atoms with Crippen molar-refractivity contribution in [2.45, 2.75) is 20.8 Å². The molecule has 0 radical (unpaired) electrons. The SMILES string of the molecule is CCOc1cnn(-c2cc(Oc3ccc(C)cc3)nc(C)n2)c(=O)c1Cl.